The van der Waals surface area contributed by atoms with Crippen molar-refractivity contribution in [2.75, 3.05) is 0 Å². The second-order valence-corrected chi connectivity index (χ2v) is 7.56. The summed E-state index contributed by atoms with van der Waals surface area (Å²) >= 11 is 0. The zero-order valence-electron chi connectivity index (χ0n) is 16.8. The Labute approximate surface area is 186 Å². The van der Waals surface area contributed by atoms with Crippen LogP contribution in [0, 0.1) is 46.5 Å². The van der Waals surface area contributed by atoms with Gasteiger partial charge in [0.15, 0.2) is 40.7 Å². The van der Waals surface area contributed by atoms with Gasteiger partial charge in [0, 0.05) is 22.6 Å². The summed E-state index contributed by atoms with van der Waals surface area (Å²) in [7, 11) is 0. The Hall–Kier alpha value is -3.94. The van der Waals surface area contributed by atoms with Crippen molar-refractivity contribution in [1.82, 2.24) is 0 Å². The predicted molar refractivity (Wildman–Crippen MR) is 112 cm³/mol. The Kier molecular flexibility index (Phi) is 5.04. The fourth-order valence-corrected chi connectivity index (χ4v) is 4.25. The van der Waals surface area contributed by atoms with E-state index in [4.69, 9.17) is 0 Å². The molecule has 0 spiro atoms. The van der Waals surface area contributed by atoms with E-state index in [1.54, 1.807) is 0 Å². The van der Waals surface area contributed by atoms with E-state index in [0.717, 1.165) is 6.07 Å². The van der Waals surface area contributed by atoms with Gasteiger partial charge in [-0.25, -0.2) is 35.1 Å². The second kappa shape index (κ2) is 7.83. The Morgan fingerprint density at radius 1 is 0.382 bits per heavy atom. The van der Waals surface area contributed by atoms with Crippen LogP contribution in [0.5, 0.6) is 0 Å². The highest BCUT2D eigenvalue weighted by atomic mass is 19.2. The molecule has 0 nitrogen and oxygen atoms in total. The number of halogens is 8. The maximum Gasteiger partial charge on any atom is 0.194 e. The molecule has 0 aliphatic rings. The van der Waals surface area contributed by atoms with E-state index in [1.165, 1.54) is 36.4 Å². The Morgan fingerprint density at radius 3 is 1.47 bits per heavy atom. The van der Waals surface area contributed by atoms with Crippen LogP contribution >= 0.6 is 0 Å². The largest absolute Gasteiger partial charge is 0.206 e. The second-order valence-electron chi connectivity index (χ2n) is 7.56. The maximum atomic E-state index is 15.2. The van der Waals surface area contributed by atoms with Crippen molar-refractivity contribution in [3.05, 3.63) is 107 Å². The molecule has 0 radical (unpaired) electrons. The lowest BCUT2D eigenvalue weighted by atomic mass is 9.85. The van der Waals surface area contributed by atoms with E-state index in [-0.39, 0.29) is 44.3 Å². The Balaban J connectivity index is 2.07. The van der Waals surface area contributed by atoms with Crippen LogP contribution in [0.1, 0.15) is 0 Å². The van der Waals surface area contributed by atoms with Crippen molar-refractivity contribution in [1.29, 1.82) is 0 Å². The highest BCUT2D eigenvalue weighted by Gasteiger charge is 2.27. The average Bonchev–Trinajstić information content (AvgIpc) is 2.81. The Bertz CT molecular complexity index is 1590. The van der Waals surface area contributed by atoms with E-state index in [2.05, 4.69) is 0 Å². The molecule has 170 valence electrons. The first-order valence-corrected chi connectivity index (χ1v) is 9.82. The molecule has 0 aromatic heterocycles. The summed E-state index contributed by atoms with van der Waals surface area (Å²) in [5.74, 6) is -12.4. The predicted octanol–water partition coefficient (Wildman–Crippen LogP) is 8.44. The van der Waals surface area contributed by atoms with Crippen LogP contribution in [0.4, 0.5) is 35.1 Å². The molecule has 34 heavy (non-hydrogen) atoms. The van der Waals surface area contributed by atoms with Gasteiger partial charge < -0.3 is 0 Å². The molecule has 0 aliphatic carbocycles. The first-order valence-electron chi connectivity index (χ1n) is 9.82. The van der Waals surface area contributed by atoms with Crippen molar-refractivity contribution < 1.29 is 35.1 Å². The van der Waals surface area contributed by atoms with E-state index in [0.29, 0.717) is 12.1 Å². The smallest absolute Gasteiger partial charge is 0.194 e. The lowest BCUT2D eigenvalue weighted by Crippen LogP contribution is -2.01. The molecule has 0 bridgehead atoms. The molecule has 0 atom stereocenters. The highest BCUT2D eigenvalue weighted by Crippen LogP contribution is 2.46. The van der Waals surface area contributed by atoms with Crippen LogP contribution in [-0.2, 0) is 0 Å². The molecule has 8 heteroatoms. The van der Waals surface area contributed by atoms with Gasteiger partial charge in [-0.3, -0.25) is 0 Å². The number of rotatable bonds is 2. The van der Waals surface area contributed by atoms with Crippen molar-refractivity contribution in [2.45, 2.75) is 0 Å². The van der Waals surface area contributed by atoms with Gasteiger partial charge in [-0.1, -0.05) is 36.4 Å². The lowest BCUT2D eigenvalue weighted by Gasteiger charge is -2.19. The van der Waals surface area contributed by atoms with Gasteiger partial charge in [0.2, 0.25) is 0 Å². The zero-order chi connectivity index (χ0) is 24.3. The van der Waals surface area contributed by atoms with Crippen LogP contribution in [0.2, 0.25) is 0 Å². The number of fused-ring (bicyclic) bond motifs is 2. The summed E-state index contributed by atoms with van der Waals surface area (Å²) in [4.78, 5) is 0. The summed E-state index contributed by atoms with van der Waals surface area (Å²) in [5.41, 5.74) is -1.76. The molecule has 0 heterocycles. The molecule has 0 saturated carbocycles. The van der Waals surface area contributed by atoms with Crippen LogP contribution in [-0.4, -0.2) is 0 Å². The SMILES string of the molecule is Fc1cc(-c2c3ccccc3c(-c3c(F)c(F)cc(F)c3F)c3cccc(F)c23)cc(F)c1F. The molecule has 0 amide bonds. The summed E-state index contributed by atoms with van der Waals surface area (Å²) in [6.07, 6.45) is 0. The summed E-state index contributed by atoms with van der Waals surface area (Å²) in [6, 6.07) is 10.5. The normalized spacial score (nSPS) is 11.5. The molecule has 0 fully saturated rings. The number of benzene rings is 5. The van der Waals surface area contributed by atoms with E-state index in [1.807, 2.05) is 0 Å². The lowest BCUT2D eigenvalue weighted by molar-refractivity contribution is 0.448. The third-order valence-electron chi connectivity index (χ3n) is 5.63. The zero-order valence-corrected chi connectivity index (χ0v) is 16.8. The number of hydrogen-bond acceptors (Lipinski definition) is 0. The van der Waals surface area contributed by atoms with Gasteiger partial charge in [0.1, 0.15) is 5.82 Å². The third-order valence-corrected chi connectivity index (χ3v) is 5.63. The van der Waals surface area contributed by atoms with Crippen LogP contribution < -0.4 is 0 Å². The third kappa shape index (κ3) is 3.13. The molecule has 0 saturated heterocycles. The van der Waals surface area contributed by atoms with Crippen molar-refractivity contribution >= 4 is 21.5 Å². The molecule has 0 unspecified atom stereocenters. The monoisotopic (exact) mass is 474 g/mol. The summed E-state index contributed by atoms with van der Waals surface area (Å²) in [5, 5.41) is -0.431. The fraction of sp³-hybridized carbons (Fsp3) is 0. The summed E-state index contributed by atoms with van der Waals surface area (Å²) in [6.45, 7) is 0. The molecule has 0 aliphatic heterocycles. The molecule has 5 aromatic carbocycles. The standard InChI is InChI=1S/C26H10F8/c27-15-7-3-6-14-21(23-25(33)18(30)10-19(31)26(23)34)13-5-2-1-4-12(13)20(22(14)15)11-8-16(28)24(32)17(29)9-11/h1-10H. The summed E-state index contributed by atoms with van der Waals surface area (Å²) < 4.78 is 115. The Morgan fingerprint density at radius 2 is 0.882 bits per heavy atom. The van der Waals surface area contributed by atoms with Crippen LogP contribution in [0.3, 0.4) is 0 Å². The van der Waals surface area contributed by atoms with Crippen LogP contribution in [0.25, 0.3) is 43.8 Å². The minimum atomic E-state index is -1.73. The average molecular weight is 474 g/mol. The minimum Gasteiger partial charge on any atom is -0.206 e. The van der Waals surface area contributed by atoms with Crippen molar-refractivity contribution in [2.24, 2.45) is 0 Å². The number of hydrogen-bond donors (Lipinski definition) is 0. The minimum absolute atomic E-state index is 0.0172. The molecular weight excluding hydrogens is 464 g/mol. The quantitative estimate of drug-likeness (QED) is 0.104. The van der Waals surface area contributed by atoms with E-state index >= 15 is 4.39 Å². The highest BCUT2D eigenvalue weighted by molar-refractivity contribution is 6.21. The fourth-order valence-electron chi connectivity index (χ4n) is 4.25. The van der Waals surface area contributed by atoms with Crippen molar-refractivity contribution in [3.8, 4) is 22.3 Å². The van der Waals surface area contributed by atoms with Gasteiger partial charge in [-0.05, 0) is 39.9 Å². The van der Waals surface area contributed by atoms with Crippen LogP contribution in [0.15, 0.2) is 60.7 Å². The first kappa shape index (κ1) is 21.9. The topological polar surface area (TPSA) is 0 Å². The van der Waals surface area contributed by atoms with E-state index < -0.39 is 52.1 Å². The van der Waals surface area contributed by atoms with Gasteiger partial charge in [0.05, 0.1) is 5.56 Å². The molecular formula is C26H10F8. The molecule has 0 N–H and O–H groups in total. The van der Waals surface area contributed by atoms with Gasteiger partial charge in [-0.2, -0.15) is 0 Å². The molecule has 5 rings (SSSR count). The maximum absolute atomic E-state index is 15.2. The van der Waals surface area contributed by atoms with Gasteiger partial charge in [0.25, 0.3) is 0 Å². The van der Waals surface area contributed by atoms with Gasteiger partial charge >= 0.3 is 0 Å². The van der Waals surface area contributed by atoms with Gasteiger partial charge in [-0.15, -0.1) is 0 Å². The van der Waals surface area contributed by atoms with E-state index in [9.17, 15) is 30.7 Å². The van der Waals surface area contributed by atoms with Crippen molar-refractivity contribution in [3.63, 3.8) is 0 Å². The first-order chi connectivity index (χ1) is 16.2. The molecule has 5 aromatic rings.